The number of hydrogen-bond donors (Lipinski definition) is 1. The monoisotopic (exact) mass is 241 g/mol. The summed E-state index contributed by atoms with van der Waals surface area (Å²) in [5, 5.41) is 2.97. The number of hydrogen-bond acceptors (Lipinski definition) is 5. The predicted molar refractivity (Wildman–Crippen MR) is 64.7 cm³/mol. The molecule has 1 aliphatic rings. The second kappa shape index (κ2) is 4.29. The minimum Gasteiger partial charge on any atom is -0.373 e. The zero-order chi connectivity index (χ0) is 11.6. The molecule has 0 aromatic carbocycles. The van der Waals surface area contributed by atoms with Crippen molar-refractivity contribution in [2.24, 2.45) is 0 Å². The van der Waals surface area contributed by atoms with Crippen molar-refractivity contribution in [2.75, 3.05) is 41.9 Å². The summed E-state index contributed by atoms with van der Waals surface area (Å²) >= 11 is 0. The standard InChI is InChI=1S/C10H15N3O2S/c1-11-9-3-2-4-10(12-9)13-5-7-16(14,15)8-6-13/h2-4H,5-8H2,1H3,(H,11,12). The van der Waals surface area contributed by atoms with Crippen LogP contribution in [-0.4, -0.2) is 45.0 Å². The third kappa shape index (κ3) is 2.44. The molecule has 0 atom stereocenters. The van der Waals surface area contributed by atoms with E-state index in [2.05, 4.69) is 10.3 Å². The molecule has 1 N–H and O–H groups in total. The first kappa shape index (κ1) is 11.2. The van der Waals surface area contributed by atoms with Crippen LogP contribution in [0, 0.1) is 0 Å². The molecule has 0 spiro atoms. The summed E-state index contributed by atoms with van der Waals surface area (Å²) in [7, 11) is -1.01. The van der Waals surface area contributed by atoms with Crippen LogP contribution >= 0.6 is 0 Å². The molecule has 0 aliphatic carbocycles. The van der Waals surface area contributed by atoms with E-state index < -0.39 is 9.84 Å². The first-order valence-corrected chi connectivity index (χ1v) is 7.03. The van der Waals surface area contributed by atoms with Crippen LogP contribution in [0.1, 0.15) is 0 Å². The highest BCUT2D eigenvalue weighted by molar-refractivity contribution is 7.91. The van der Waals surface area contributed by atoms with Crippen LogP contribution in [0.2, 0.25) is 0 Å². The van der Waals surface area contributed by atoms with Gasteiger partial charge in [0.1, 0.15) is 11.6 Å². The highest BCUT2D eigenvalue weighted by atomic mass is 32.2. The van der Waals surface area contributed by atoms with E-state index >= 15 is 0 Å². The highest BCUT2D eigenvalue weighted by Crippen LogP contribution is 2.16. The van der Waals surface area contributed by atoms with Crippen molar-refractivity contribution in [1.82, 2.24) is 4.98 Å². The maximum absolute atomic E-state index is 11.3. The van der Waals surface area contributed by atoms with Gasteiger partial charge in [0.25, 0.3) is 0 Å². The smallest absolute Gasteiger partial charge is 0.153 e. The van der Waals surface area contributed by atoms with Gasteiger partial charge >= 0.3 is 0 Å². The fourth-order valence-corrected chi connectivity index (χ4v) is 2.88. The van der Waals surface area contributed by atoms with E-state index in [1.165, 1.54) is 0 Å². The summed E-state index contributed by atoms with van der Waals surface area (Å²) in [4.78, 5) is 6.38. The fraction of sp³-hybridized carbons (Fsp3) is 0.500. The van der Waals surface area contributed by atoms with Gasteiger partial charge in [0.05, 0.1) is 11.5 Å². The van der Waals surface area contributed by atoms with E-state index in [9.17, 15) is 8.42 Å². The Morgan fingerprint density at radius 2 is 2.00 bits per heavy atom. The molecule has 16 heavy (non-hydrogen) atoms. The Hall–Kier alpha value is -1.30. The summed E-state index contributed by atoms with van der Waals surface area (Å²) in [5.41, 5.74) is 0. The van der Waals surface area contributed by atoms with E-state index in [0.29, 0.717) is 13.1 Å². The van der Waals surface area contributed by atoms with Gasteiger partial charge in [-0.05, 0) is 12.1 Å². The van der Waals surface area contributed by atoms with Gasteiger partial charge in [-0.3, -0.25) is 0 Å². The van der Waals surface area contributed by atoms with Crippen LogP contribution in [0.15, 0.2) is 18.2 Å². The highest BCUT2D eigenvalue weighted by Gasteiger charge is 2.22. The Morgan fingerprint density at radius 3 is 2.62 bits per heavy atom. The van der Waals surface area contributed by atoms with Crippen LogP contribution in [0.25, 0.3) is 0 Å². The average Bonchev–Trinajstić information content (AvgIpc) is 2.29. The van der Waals surface area contributed by atoms with Gasteiger partial charge in [-0.1, -0.05) is 6.07 Å². The molecular formula is C10H15N3O2S. The molecule has 0 bridgehead atoms. The molecule has 5 nitrogen and oxygen atoms in total. The molecular weight excluding hydrogens is 226 g/mol. The molecule has 0 unspecified atom stereocenters. The molecule has 0 amide bonds. The Balaban J connectivity index is 2.13. The van der Waals surface area contributed by atoms with Gasteiger partial charge in [-0.15, -0.1) is 0 Å². The molecule has 0 radical (unpaired) electrons. The van der Waals surface area contributed by atoms with Gasteiger partial charge in [-0.25, -0.2) is 13.4 Å². The van der Waals surface area contributed by atoms with Crippen LogP contribution in [-0.2, 0) is 9.84 Å². The van der Waals surface area contributed by atoms with E-state index in [0.717, 1.165) is 11.6 Å². The largest absolute Gasteiger partial charge is 0.373 e. The quantitative estimate of drug-likeness (QED) is 0.810. The molecule has 2 heterocycles. The third-order valence-electron chi connectivity index (χ3n) is 2.66. The lowest BCUT2D eigenvalue weighted by Gasteiger charge is -2.27. The van der Waals surface area contributed by atoms with Gasteiger partial charge in [0.15, 0.2) is 9.84 Å². The molecule has 6 heteroatoms. The van der Waals surface area contributed by atoms with Gasteiger partial charge in [0.2, 0.25) is 0 Å². The molecule has 2 rings (SSSR count). The maximum atomic E-state index is 11.3. The zero-order valence-corrected chi connectivity index (χ0v) is 10.00. The van der Waals surface area contributed by atoms with Crippen molar-refractivity contribution in [2.45, 2.75) is 0 Å². The second-order valence-electron chi connectivity index (χ2n) is 3.77. The summed E-state index contributed by atoms with van der Waals surface area (Å²) in [5.74, 6) is 2.07. The maximum Gasteiger partial charge on any atom is 0.153 e. The fourth-order valence-electron chi connectivity index (χ4n) is 1.68. The van der Waals surface area contributed by atoms with Crippen molar-refractivity contribution in [3.63, 3.8) is 0 Å². The first-order valence-electron chi connectivity index (χ1n) is 5.21. The van der Waals surface area contributed by atoms with Crippen molar-refractivity contribution >= 4 is 21.5 Å². The lowest BCUT2D eigenvalue weighted by Crippen LogP contribution is -2.40. The van der Waals surface area contributed by atoms with Gasteiger partial charge in [0, 0.05) is 20.1 Å². The number of nitrogens with one attached hydrogen (secondary N) is 1. The lowest BCUT2D eigenvalue weighted by molar-refractivity contribution is 0.586. The minimum atomic E-state index is -2.82. The molecule has 1 aromatic rings. The second-order valence-corrected chi connectivity index (χ2v) is 6.07. The average molecular weight is 241 g/mol. The molecule has 1 saturated heterocycles. The number of pyridine rings is 1. The zero-order valence-electron chi connectivity index (χ0n) is 9.18. The summed E-state index contributed by atoms with van der Waals surface area (Å²) < 4.78 is 22.6. The predicted octanol–water partition coefficient (Wildman–Crippen LogP) is 0.358. The van der Waals surface area contributed by atoms with E-state index in [1.807, 2.05) is 30.1 Å². The Bertz CT molecular complexity index is 459. The summed E-state index contributed by atoms with van der Waals surface area (Å²) in [6.45, 7) is 1.06. The van der Waals surface area contributed by atoms with Crippen LogP contribution in [0.5, 0.6) is 0 Å². The number of sulfone groups is 1. The van der Waals surface area contributed by atoms with E-state index in [4.69, 9.17) is 0 Å². The normalized spacial score (nSPS) is 19.4. The Kier molecular flexibility index (Phi) is 3.00. The van der Waals surface area contributed by atoms with E-state index in [-0.39, 0.29) is 11.5 Å². The van der Waals surface area contributed by atoms with Crippen molar-refractivity contribution in [3.05, 3.63) is 18.2 Å². The molecule has 1 fully saturated rings. The topological polar surface area (TPSA) is 62.3 Å². The molecule has 1 aliphatic heterocycles. The SMILES string of the molecule is CNc1cccc(N2CCS(=O)(=O)CC2)n1. The van der Waals surface area contributed by atoms with Crippen LogP contribution in [0.3, 0.4) is 0 Å². The minimum absolute atomic E-state index is 0.221. The lowest BCUT2D eigenvalue weighted by atomic mass is 10.4. The molecule has 0 saturated carbocycles. The molecule has 88 valence electrons. The number of anilines is 2. The van der Waals surface area contributed by atoms with Crippen LogP contribution < -0.4 is 10.2 Å². The van der Waals surface area contributed by atoms with Gasteiger partial charge < -0.3 is 10.2 Å². The third-order valence-corrected chi connectivity index (χ3v) is 4.27. The summed E-state index contributed by atoms with van der Waals surface area (Å²) in [6.07, 6.45) is 0. The van der Waals surface area contributed by atoms with Crippen molar-refractivity contribution in [3.8, 4) is 0 Å². The number of nitrogens with zero attached hydrogens (tertiary/aromatic N) is 2. The van der Waals surface area contributed by atoms with Crippen LogP contribution in [0.4, 0.5) is 11.6 Å². The van der Waals surface area contributed by atoms with Gasteiger partial charge in [-0.2, -0.15) is 0 Å². The number of aromatic nitrogens is 1. The van der Waals surface area contributed by atoms with Crippen molar-refractivity contribution < 1.29 is 8.42 Å². The number of rotatable bonds is 2. The van der Waals surface area contributed by atoms with E-state index in [1.54, 1.807) is 0 Å². The first-order chi connectivity index (χ1) is 7.61. The van der Waals surface area contributed by atoms with Crippen molar-refractivity contribution in [1.29, 1.82) is 0 Å². The Morgan fingerprint density at radius 1 is 1.31 bits per heavy atom. The Labute approximate surface area is 95.4 Å². The summed E-state index contributed by atoms with van der Waals surface area (Å²) in [6, 6.07) is 5.69. The molecule has 1 aromatic heterocycles.